The summed E-state index contributed by atoms with van der Waals surface area (Å²) in [5.41, 5.74) is -1.47. The highest BCUT2D eigenvalue weighted by molar-refractivity contribution is 7.80. The SMILES string of the molecule is CCOC(=O)C(C)(C)CN1C[C@@]2(C)CN(C(=O)OC(C)(C)C)CCN2C1=S. The van der Waals surface area contributed by atoms with Gasteiger partial charge in [-0.3, -0.25) is 4.79 Å². The van der Waals surface area contributed by atoms with Crippen LogP contribution in [0.5, 0.6) is 0 Å². The Bertz CT molecular complexity index is 617. The van der Waals surface area contributed by atoms with E-state index < -0.39 is 11.0 Å². The van der Waals surface area contributed by atoms with Crippen LogP contribution in [0.15, 0.2) is 0 Å². The molecule has 27 heavy (non-hydrogen) atoms. The fourth-order valence-electron chi connectivity index (χ4n) is 3.65. The van der Waals surface area contributed by atoms with E-state index in [0.29, 0.717) is 39.3 Å². The second kappa shape index (κ2) is 7.45. The first-order valence-electron chi connectivity index (χ1n) is 9.51. The van der Waals surface area contributed by atoms with E-state index in [1.54, 1.807) is 11.8 Å². The molecule has 0 aromatic carbocycles. The van der Waals surface area contributed by atoms with Crippen molar-refractivity contribution in [1.82, 2.24) is 14.7 Å². The summed E-state index contributed by atoms with van der Waals surface area (Å²) in [4.78, 5) is 30.7. The van der Waals surface area contributed by atoms with Gasteiger partial charge >= 0.3 is 12.1 Å². The van der Waals surface area contributed by atoms with Gasteiger partial charge < -0.3 is 24.2 Å². The van der Waals surface area contributed by atoms with Crippen molar-refractivity contribution >= 4 is 29.4 Å². The predicted octanol–water partition coefficient (Wildman–Crippen LogP) is 2.49. The topological polar surface area (TPSA) is 62.3 Å². The molecule has 2 saturated heterocycles. The Morgan fingerprint density at radius 1 is 1.15 bits per heavy atom. The lowest BCUT2D eigenvalue weighted by molar-refractivity contribution is -0.153. The van der Waals surface area contributed by atoms with Crippen LogP contribution in [0.25, 0.3) is 0 Å². The van der Waals surface area contributed by atoms with Crippen molar-refractivity contribution in [2.24, 2.45) is 5.41 Å². The Hall–Kier alpha value is -1.57. The molecule has 0 aliphatic carbocycles. The van der Waals surface area contributed by atoms with E-state index in [1.165, 1.54) is 0 Å². The molecule has 0 radical (unpaired) electrons. The van der Waals surface area contributed by atoms with Crippen molar-refractivity contribution in [2.75, 3.05) is 39.3 Å². The van der Waals surface area contributed by atoms with Crippen LogP contribution in [0.2, 0.25) is 0 Å². The average molecular weight is 400 g/mol. The summed E-state index contributed by atoms with van der Waals surface area (Å²) < 4.78 is 10.7. The summed E-state index contributed by atoms with van der Waals surface area (Å²) in [7, 11) is 0. The highest BCUT2D eigenvalue weighted by Gasteiger charge is 2.50. The van der Waals surface area contributed by atoms with Gasteiger partial charge in [0, 0.05) is 32.7 Å². The van der Waals surface area contributed by atoms with Crippen molar-refractivity contribution in [1.29, 1.82) is 0 Å². The lowest BCUT2D eigenvalue weighted by atomic mass is 9.92. The fraction of sp³-hybridized carbons (Fsp3) is 0.842. The van der Waals surface area contributed by atoms with Gasteiger partial charge in [0.15, 0.2) is 5.11 Å². The minimum atomic E-state index is -0.657. The molecule has 2 aliphatic rings. The number of carbonyl (C=O) groups excluding carboxylic acids is 2. The third-order valence-corrected chi connectivity index (χ3v) is 5.35. The predicted molar refractivity (Wildman–Crippen MR) is 108 cm³/mol. The molecule has 0 unspecified atom stereocenters. The molecule has 0 spiro atoms. The number of hydrogen-bond acceptors (Lipinski definition) is 5. The molecular formula is C19H33N3O4S. The zero-order valence-corrected chi connectivity index (χ0v) is 18.4. The van der Waals surface area contributed by atoms with Crippen LogP contribution >= 0.6 is 12.2 Å². The number of esters is 1. The highest BCUT2D eigenvalue weighted by Crippen LogP contribution is 2.33. The van der Waals surface area contributed by atoms with Crippen molar-refractivity contribution in [2.45, 2.75) is 59.6 Å². The van der Waals surface area contributed by atoms with Crippen molar-refractivity contribution in [3.8, 4) is 0 Å². The Balaban J connectivity index is 2.08. The fourth-order valence-corrected chi connectivity index (χ4v) is 4.09. The normalized spacial score (nSPS) is 23.4. The Labute approximate surface area is 167 Å². The van der Waals surface area contributed by atoms with Gasteiger partial charge in [0.05, 0.1) is 17.6 Å². The van der Waals surface area contributed by atoms with Crippen molar-refractivity contribution < 1.29 is 19.1 Å². The second-order valence-electron chi connectivity index (χ2n) is 9.29. The van der Waals surface area contributed by atoms with Crippen LogP contribution in [-0.4, -0.2) is 82.3 Å². The quantitative estimate of drug-likeness (QED) is 0.532. The van der Waals surface area contributed by atoms with Crippen LogP contribution in [0, 0.1) is 5.41 Å². The van der Waals surface area contributed by atoms with Crippen LogP contribution in [0.1, 0.15) is 48.5 Å². The van der Waals surface area contributed by atoms with E-state index in [2.05, 4.69) is 16.7 Å². The molecule has 1 amide bonds. The number of carbonyl (C=O) groups is 2. The van der Waals surface area contributed by atoms with Gasteiger partial charge in [0.1, 0.15) is 5.60 Å². The Morgan fingerprint density at radius 2 is 1.78 bits per heavy atom. The number of rotatable bonds is 4. The van der Waals surface area contributed by atoms with Gasteiger partial charge in [-0.05, 0) is 60.7 Å². The average Bonchev–Trinajstić information content (AvgIpc) is 2.75. The molecule has 0 bridgehead atoms. The lowest BCUT2D eigenvalue weighted by Crippen LogP contribution is -2.61. The lowest BCUT2D eigenvalue weighted by Gasteiger charge is -2.44. The summed E-state index contributed by atoms with van der Waals surface area (Å²) in [5, 5.41) is 0.735. The van der Waals surface area contributed by atoms with Crippen LogP contribution in [0.4, 0.5) is 4.79 Å². The van der Waals surface area contributed by atoms with Gasteiger partial charge in [0.25, 0.3) is 0 Å². The number of piperazine rings is 1. The molecule has 0 N–H and O–H groups in total. The monoisotopic (exact) mass is 399 g/mol. The van der Waals surface area contributed by atoms with Crippen molar-refractivity contribution in [3.63, 3.8) is 0 Å². The largest absolute Gasteiger partial charge is 0.466 e. The van der Waals surface area contributed by atoms with E-state index in [4.69, 9.17) is 21.7 Å². The van der Waals surface area contributed by atoms with E-state index >= 15 is 0 Å². The van der Waals surface area contributed by atoms with E-state index in [-0.39, 0.29) is 17.6 Å². The first-order chi connectivity index (χ1) is 12.3. The molecule has 2 fully saturated rings. The zero-order valence-electron chi connectivity index (χ0n) is 17.6. The number of fused-ring (bicyclic) bond motifs is 1. The molecule has 2 heterocycles. The zero-order chi connectivity index (χ0) is 20.6. The minimum absolute atomic E-state index is 0.224. The smallest absolute Gasteiger partial charge is 0.410 e. The standard InChI is InChI=1S/C19H33N3O4S/c1-8-25-14(23)18(5,6)11-21-13-19(7)12-20(9-10-22(19)15(21)27)16(24)26-17(2,3)4/h8-13H2,1-7H3/t19-/m1/s1. The molecule has 0 saturated carbocycles. The molecule has 154 valence electrons. The van der Waals surface area contributed by atoms with E-state index in [1.807, 2.05) is 34.6 Å². The van der Waals surface area contributed by atoms with Gasteiger partial charge in [0.2, 0.25) is 0 Å². The Morgan fingerprint density at radius 3 is 2.33 bits per heavy atom. The minimum Gasteiger partial charge on any atom is -0.466 e. The third kappa shape index (κ3) is 4.83. The Kier molecular flexibility index (Phi) is 5.99. The molecule has 0 aromatic rings. The number of thiocarbonyl (C=S) groups is 1. The number of hydrogen-bond donors (Lipinski definition) is 0. The van der Waals surface area contributed by atoms with Crippen LogP contribution in [-0.2, 0) is 14.3 Å². The summed E-state index contributed by atoms with van der Waals surface area (Å²) in [6.07, 6.45) is -0.292. The van der Waals surface area contributed by atoms with E-state index in [9.17, 15) is 9.59 Å². The van der Waals surface area contributed by atoms with Gasteiger partial charge in [-0.15, -0.1) is 0 Å². The molecule has 2 aliphatic heterocycles. The highest BCUT2D eigenvalue weighted by atomic mass is 32.1. The maximum Gasteiger partial charge on any atom is 0.410 e. The van der Waals surface area contributed by atoms with Gasteiger partial charge in [-0.2, -0.15) is 0 Å². The number of ether oxygens (including phenoxy) is 2. The molecule has 8 heteroatoms. The van der Waals surface area contributed by atoms with E-state index in [0.717, 1.165) is 5.11 Å². The van der Waals surface area contributed by atoms with Gasteiger partial charge in [-0.1, -0.05) is 0 Å². The summed E-state index contributed by atoms with van der Waals surface area (Å²) in [6.45, 7) is 16.5. The molecule has 1 atom stereocenters. The second-order valence-corrected chi connectivity index (χ2v) is 9.66. The van der Waals surface area contributed by atoms with Crippen LogP contribution < -0.4 is 0 Å². The summed E-state index contributed by atoms with van der Waals surface area (Å²) >= 11 is 5.69. The van der Waals surface area contributed by atoms with Gasteiger partial charge in [-0.25, -0.2) is 4.79 Å². The molecule has 7 nitrogen and oxygen atoms in total. The molecular weight excluding hydrogens is 366 g/mol. The maximum absolute atomic E-state index is 12.5. The number of nitrogens with zero attached hydrogens (tertiary/aromatic N) is 3. The first kappa shape index (κ1) is 21.7. The molecule has 0 aromatic heterocycles. The molecule has 2 rings (SSSR count). The van der Waals surface area contributed by atoms with Crippen molar-refractivity contribution in [3.05, 3.63) is 0 Å². The summed E-state index contributed by atoms with van der Waals surface area (Å²) in [6, 6.07) is 0. The number of amides is 1. The third-order valence-electron chi connectivity index (χ3n) is 4.88. The summed E-state index contributed by atoms with van der Waals surface area (Å²) in [5.74, 6) is -0.224. The first-order valence-corrected chi connectivity index (χ1v) is 9.92. The maximum atomic E-state index is 12.5. The van der Waals surface area contributed by atoms with Crippen LogP contribution in [0.3, 0.4) is 0 Å².